The number of hydrogen-bond acceptors (Lipinski definition) is 3. The van der Waals surface area contributed by atoms with E-state index in [1.807, 2.05) is 17.4 Å². The van der Waals surface area contributed by atoms with Crippen LogP contribution in [0.25, 0.3) is 86.3 Å². The lowest BCUT2D eigenvalue weighted by Crippen LogP contribution is -2.16. The molecule has 2 nitrogen and oxygen atoms in total. The first-order chi connectivity index (χ1) is 30.5. The predicted octanol–water partition coefficient (Wildman–Crippen LogP) is 18.2. The molecule has 11 aromatic rings. The van der Waals surface area contributed by atoms with Gasteiger partial charge in [-0.25, -0.2) is 0 Å². The van der Waals surface area contributed by atoms with E-state index in [0.717, 1.165) is 50.1 Å². The summed E-state index contributed by atoms with van der Waals surface area (Å²) in [4.78, 5) is 2.49. The van der Waals surface area contributed by atoms with Gasteiger partial charge in [0.1, 0.15) is 11.2 Å². The van der Waals surface area contributed by atoms with E-state index < -0.39 is 0 Å². The molecule has 11 rings (SSSR count). The third kappa shape index (κ3) is 6.70. The van der Waals surface area contributed by atoms with E-state index >= 15 is 0 Å². The highest BCUT2D eigenvalue weighted by Gasteiger charge is 2.25. The van der Waals surface area contributed by atoms with Crippen molar-refractivity contribution in [1.29, 1.82) is 0 Å². The lowest BCUT2D eigenvalue weighted by Gasteiger charge is -2.29. The summed E-state index contributed by atoms with van der Waals surface area (Å²) >= 11 is 1.86. The van der Waals surface area contributed by atoms with Crippen molar-refractivity contribution in [1.82, 2.24) is 0 Å². The Labute approximate surface area is 373 Å². The van der Waals surface area contributed by atoms with Gasteiger partial charge in [-0.05, 0) is 109 Å². The first kappa shape index (κ1) is 38.9. The Morgan fingerprint density at radius 3 is 1.70 bits per heavy atom. The summed E-state index contributed by atoms with van der Waals surface area (Å²) in [7, 11) is 0. The van der Waals surface area contributed by atoms with Gasteiger partial charge >= 0.3 is 0 Å². The van der Waals surface area contributed by atoms with Crippen LogP contribution in [0.5, 0.6) is 0 Å². The Hall–Kier alpha value is -6.94. The summed E-state index contributed by atoms with van der Waals surface area (Å²) in [5.74, 6) is 0. The van der Waals surface area contributed by atoms with Crippen molar-refractivity contribution in [3.05, 3.63) is 199 Å². The van der Waals surface area contributed by atoms with Crippen LogP contribution in [-0.4, -0.2) is 0 Å². The number of anilines is 3. The third-order valence-corrected chi connectivity index (χ3v) is 13.9. The van der Waals surface area contributed by atoms with E-state index in [2.05, 4.69) is 228 Å². The van der Waals surface area contributed by atoms with Crippen LogP contribution in [0.3, 0.4) is 0 Å². The molecule has 0 saturated carbocycles. The number of para-hydroxylation sites is 2. The summed E-state index contributed by atoms with van der Waals surface area (Å²) in [6, 6.07) is 69.3. The molecule has 2 heterocycles. The molecule has 0 spiro atoms. The number of rotatable bonds is 6. The molecule has 0 amide bonds. The molecule has 3 heteroatoms. The predicted molar refractivity (Wildman–Crippen MR) is 273 cm³/mol. The minimum Gasteiger partial charge on any atom is -0.456 e. The van der Waals surface area contributed by atoms with Gasteiger partial charge in [0.25, 0.3) is 0 Å². The Bertz CT molecular complexity index is 3500. The molecule has 2 aromatic heterocycles. The zero-order valence-corrected chi connectivity index (χ0v) is 37.5. The molecule has 9 aromatic carbocycles. The monoisotopic (exact) mass is 831 g/mol. The molecule has 0 fully saturated rings. The standard InChI is InChI=1S/C60H49NOS/c1-59(2,3)41-35-40(36-42(37-41)60(4,5)6)45-22-13-17-39-18-14-24-47(56(39)45)46-19-7-10-25-50(46)61(51-26-16-30-55-58(51)49-21-9-12-29-54(49)63-55)43-33-31-38(32-34-43)44-23-15-28-53-57(44)48-20-8-11-27-52(48)62-53/h7-37H,1-6H3. The first-order valence-electron chi connectivity index (χ1n) is 22.0. The fourth-order valence-electron chi connectivity index (χ4n) is 9.51. The summed E-state index contributed by atoms with van der Waals surface area (Å²) in [5, 5.41) is 7.29. The first-order valence-corrected chi connectivity index (χ1v) is 22.8. The summed E-state index contributed by atoms with van der Waals surface area (Å²) in [5.41, 5.74) is 15.1. The third-order valence-electron chi connectivity index (χ3n) is 12.8. The van der Waals surface area contributed by atoms with Gasteiger partial charge in [0.05, 0.1) is 11.4 Å². The minimum atomic E-state index is -0.00224. The maximum atomic E-state index is 6.32. The molecule has 0 saturated heterocycles. The van der Waals surface area contributed by atoms with Gasteiger partial charge in [0, 0.05) is 42.2 Å². The number of nitrogens with zero attached hydrogens (tertiary/aromatic N) is 1. The lowest BCUT2D eigenvalue weighted by atomic mass is 9.78. The van der Waals surface area contributed by atoms with Gasteiger partial charge in [-0.2, -0.15) is 0 Å². The average molecular weight is 832 g/mol. The lowest BCUT2D eigenvalue weighted by molar-refractivity contribution is 0.569. The molecule has 0 bridgehead atoms. The largest absolute Gasteiger partial charge is 0.456 e. The van der Waals surface area contributed by atoms with Gasteiger partial charge in [0.15, 0.2) is 0 Å². The van der Waals surface area contributed by atoms with Crippen LogP contribution in [0.4, 0.5) is 17.1 Å². The van der Waals surface area contributed by atoms with E-state index in [0.29, 0.717) is 0 Å². The topological polar surface area (TPSA) is 16.4 Å². The molecule has 0 atom stereocenters. The smallest absolute Gasteiger partial charge is 0.136 e. The van der Waals surface area contributed by atoms with Gasteiger partial charge in [0.2, 0.25) is 0 Å². The van der Waals surface area contributed by atoms with Crippen LogP contribution in [0.2, 0.25) is 0 Å². The molecular formula is C60H49NOS. The fraction of sp³-hybridized carbons (Fsp3) is 0.133. The fourth-order valence-corrected chi connectivity index (χ4v) is 10.6. The number of hydrogen-bond donors (Lipinski definition) is 0. The molecular weight excluding hydrogens is 783 g/mol. The maximum absolute atomic E-state index is 6.32. The normalized spacial score (nSPS) is 12.3. The van der Waals surface area contributed by atoms with Crippen LogP contribution in [-0.2, 0) is 10.8 Å². The van der Waals surface area contributed by atoms with E-state index in [-0.39, 0.29) is 10.8 Å². The highest BCUT2D eigenvalue weighted by Crippen LogP contribution is 2.49. The molecule has 0 N–H and O–H groups in total. The Kier molecular flexibility index (Phi) is 9.19. The van der Waals surface area contributed by atoms with Crippen molar-refractivity contribution in [2.24, 2.45) is 0 Å². The minimum absolute atomic E-state index is 0.00224. The number of furan rings is 1. The van der Waals surface area contributed by atoms with E-state index in [9.17, 15) is 0 Å². The van der Waals surface area contributed by atoms with E-state index in [1.54, 1.807) is 0 Å². The SMILES string of the molecule is CC(C)(C)c1cc(-c2cccc3cccc(-c4ccccc4N(c4ccc(-c5cccc6oc7ccccc7c56)cc4)c4cccc5sc6ccccc6c45)c23)cc(C(C)(C)C)c1. The maximum Gasteiger partial charge on any atom is 0.136 e. The average Bonchev–Trinajstić information content (AvgIpc) is 3.88. The summed E-state index contributed by atoms with van der Waals surface area (Å²) < 4.78 is 8.87. The zero-order valence-electron chi connectivity index (χ0n) is 36.7. The second-order valence-electron chi connectivity index (χ2n) is 18.9. The van der Waals surface area contributed by atoms with Crippen LogP contribution in [0, 0.1) is 0 Å². The molecule has 0 radical (unpaired) electrons. The molecule has 0 aliphatic rings. The van der Waals surface area contributed by atoms with Crippen LogP contribution in [0.15, 0.2) is 192 Å². The molecule has 306 valence electrons. The Morgan fingerprint density at radius 1 is 0.397 bits per heavy atom. The van der Waals surface area contributed by atoms with E-state index in [4.69, 9.17) is 4.42 Å². The van der Waals surface area contributed by atoms with Crippen molar-refractivity contribution in [2.45, 2.75) is 52.4 Å². The second kappa shape index (κ2) is 14.9. The van der Waals surface area contributed by atoms with Crippen LogP contribution in [0.1, 0.15) is 52.7 Å². The summed E-state index contributed by atoms with van der Waals surface area (Å²) in [6.45, 7) is 13.9. The summed E-state index contributed by atoms with van der Waals surface area (Å²) in [6.07, 6.45) is 0. The number of benzene rings is 9. The Morgan fingerprint density at radius 2 is 0.952 bits per heavy atom. The molecule has 0 aliphatic heterocycles. The van der Waals surface area contributed by atoms with E-state index in [1.165, 1.54) is 64.3 Å². The zero-order chi connectivity index (χ0) is 43.0. The molecule has 0 unspecified atom stereocenters. The second-order valence-corrected chi connectivity index (χ2v) is 20.0. The highest BCUT2D eigenvalue weighted by molar-refractivity contribution is 7.26. The Balaban J connectivity index is 1.15. The quantitative estimate of drug-likeness (QED) is 0.166. The van der Waals surface area contributed by atoms with Crippen molar-refractivity contribution in [3.8, 4) is 33.4 Å². The number of thiophene rings is 1. The highest BCUT2D eigenvalue weighted by atomic mass is 32.1. The van der Waals surface area contributed by atoms with Gasteiger partial charge in [-0.1, -0.05) is 181 Å². The van der Waals surface area contributed by atoms with Crippen molar-refractivity contribution in [3.63, 3.8) is 0 Å². The van der Waals surface area contributed by atoms with Crippen molar-refractivity contribution < 1.29 is 4.42 Å². The van der Waals surface area contributed by atoms with Crippen LogP contribution < -0.4 is 4.90 Å². The van der Waals surface area contributed by atoms with Crippen molar-refractivity contribution in [2.75, 3.05) is 4.90 Å². The van der Waals surface area contributed by atoms with Gasteiger partial charge in [-0.3, -0.25) is 0 Å². The van der Waals surface area contributed by atoms with Crippen LogP contribution >= 0.6 is 11.3 Å². The molecule has 63 heavy (non-hydrogen) atoms. The van der Waals surface area contributed by atoms with Crippen molar-refractivity contribution >= 4 is 81.3 Å². The number of fused-ring (bicyclic) bond motifs is 7. The molecule has 0 aliphatic carbocycles. The van der Waals surface area contributed by atoms with Gasteiger partial charge < -0.3 is 9.32 Å². The van der Waals surface area contributed by atoms with Gasteiger partial charge in [-0.15, -0.1) is 11.3 Å².